The zero-order valence-electron chi connectivity index (χ0n) is 10.7. The second kappa shape index (κ2) is 5.30. The normalized spacial score (nSPS) is 16.6. The van der Waals surface area contributed by atoms with Crippen molar-refractivity contribution in [3.05, 3.63) is 18.2 Å². The van der Waals surface area contributed by atoms with Gasteiger partial charge < -0.3 is 15.8 Å². The molecule has 0 aliphatic heterocycles. The standard InChI is InChI=1S/C14H22N2O/c1-3-17-14-8-12(15)7-13(9-14)16-10(2)6-11-4-5-11/h7-11,16H,3-6,15H2,1-2H3. The maximum Gasteiger partial charge on any atom is 0.123 e. The first-order chi connectivity index (χ1) is 8.17. The third kappa shape index (κ3) is 3.84. The lowest BCUT2D eigenvalue weighted by Gasteiger charge is -2.16. The van der Waals surface area contributed by atoms with Crippen LogP contribution in [0, 0.1) is 5.92 Å². The van der Waals surface area contributed by atoms with Gasteiger partial charge in [-0.15, -0.1) is 0 Å². The Morgan fingerprint density at radius 2 is 2.18 bits per heavy atom. The molecule has 3 N–H and O–H groups in total. The van der Waals surface area contributed by atoms with E-state index >= 15 is 0 Å². The second-order valence-corrected chi connectivity index (χ2v) is 4.95. The van der Waals surface area contributed by atoms with E-state index in [1.54, 1.807) is 0 Å². The number of nitrogens with two attached hydrogens (primary N) is 1. The third-order valence-electron chi connectivity index (χ3n) is 3.04. The fourth-order valence-electron chi connectivity index (χ4n) is 2.15. The maximum atomic E-state index is 5.86. The summed E-state index contributed by atoms with van der Waals surface area (Å²) in [6.07, 6.45) is 4.04. The van der Waals surface area contributed by atoms with Crippen LogP contribution in [0.15, 0.2) is 18.2 Å². The van der Waals surface area contributed by atoms with Crippen molar-refractivity contribution in [2.75, 3.05) is 17.7 Å². The molecule has 3 heteroatoms. The number of anilines is 2. The van der Waals surface area contributed by atoms with E-state index in [2.05, 4.69) is 12.2 Å². The van der Waals surface area contributed by atoms with Gasteiger partial charge >= 0.3 is 0 Å². The van der Waals surface area contributed by atoms with Gasteiger partial charge in [-0.1, -0.05) is 12.8 Å². The number of rotatable bonds is 6. The van der Waals surface area contributed by atoms with Crippen molar-refractivity contribution >= 4 is 11.4 Å². The molecule has 0 radical (unpaired) electrons. The molecule has 1 aromatic rings. The van der Waals surface area contributed by atoms with Gasteiger partial charge in [-0.3, -0.25) is 0 Å². The van der Waals surface area contributed by atoms with Crippen molar-refractivity contribution in [2.45, 2.75) is 39.2 Å². The van der Waals surface area contributed by atoms with E-state index in [9.17, 15) is 0 Å². The predicted octanol–water partition coefficient (Wildman–Crippen LogP) is 3.27. The van der Waals surface area contributed by atoms with Crippen molar-refractivity contribution in [3.8, 4) is 5.75 Å². The van der Waals surface area contributed by atoms with Crippen LogP contribution in [0.25, 0.3) is 0 Å². The van der Waals surface area contributed by atoms with Crippen molar-refractivity contribution < 1.29 is 4.74 Å². The molecule has 1 aliphatic carbocycles. The highest BCUT2D eigenvalue weighted by molar-refractivity contribution is 5.59. The Hall–Kier alpha value is -1.38. The average Bonchev–Trinajstić information content (AvgIpc) is 3.00. The number of benzene rings is 1. The summed E-state index contributed by atoms with van der Waals surface area (Å²) in [5.74, 6) is 1.78. The quantitative estimate of drug-likeness (QED) is 0.743. The Balaban J connectivity index is 1.97. The van der Waals surface area contributed by atoms with Crippen LogP contribution in [0.3, 0.4) is 0 Å². The van der Waals surface area contributed by atoms with Crippen LogP contribution in [0.4, 0.5) is 11.4 Å². The zero-order chi connectivity index (χ0) is 12.3. The van der Waals surface area contributed by atoms with Crippen LogP contribution in [0.5, 0.6) is 5.75 Å². The lowest BCUT2D eigenvalue weighted by molar-refractivity contribution is 0.340. The second-order valence-electron chi connectivity index (χ2n) is 4.95. The fraction of sp³-hybridized carbons (Fsp3) is 0.571. The van der Waals surface area contributed by atoms with Gasteiger partial charge in [-0.25, -0.2) is 0 Å². The van der Waals surface area contributed by atoms with Gasteiger partial charge in [0.2, 0.25) is 0 Å². The molecule has 0 spiro atoms. The van der Waals surface area contributed by atoms with Crippen LogP contribution in [0.1, 0.15) is 33.1 Å². The average molecular weight is 234 g/mol. The monoisotopic (exact) mass is 234 g/mol. The molecule has 0 saturated heterocycles. The Kier molecular flexibility index (Phi) is 3.77. The summed E-state index contributed by atoms with van der Waals surface area (Å²) in [7, 11) is 0. The van der Waals surface area contributed by atoms with Crippen molar-refractivity contribution in [3.63, 3.8) is 0 Å². The fourth-order valence-corrected chi connectivity index (χ4v) is 2.15. The first kappa shape index (κ1) is 12.1. The molecule has 2 rings (SSSR count). The molecule has 1 saturated carbocycles. The molecular formula is C14H22N2O. The number of hydrogen-bond donors (Lipinski definition) is 2. The summed E-state index contributed by atoms with van der Waals surface area (Å²) in [5.41, 5.74) is 7.66. The van der Waals surface area contributed by atoms with Crippen molar-refractivity contribution in [1.82, 2.24) is 0 Å². The van der Waals surface area contributed by atoms with Crippen LogP contribution < -0.4 is 15.8 Å². The van der Waals surface area contributed by atoms with E-state index in [1.807, 2.05) is 25.1 Å². The first-order valence-electron chi connectivity index (χ1n) is 6.47. The molecule has 0 bridgehead atoms. The van der Waals surface area contributed by atoms with E-state index in [1.165, 1.54) is 19.3 Å². The predicted molar refractivity (Wildman–Crippen MR) is 72.4 cm³/mol. The van der Waals surface area contributed by atoms with Crippen LogP contribution in [-0.2, 0) is 0 Å². The van der Waals surface area contributed by atoms with Gasteiger partial charge in [0, 0.05) is 29.5 Å². The minimum atomic E-state index is 0.499. The summed E-state index contributed by atoms with van der Waals surface area (Å²) in [6.45, 7) is 4.87. The zero-order valence-corrected chi connectivity index (χ0v) is 10.7. The number of nitrogen functional groups attached to an aromatic ring is 1. The van der Waals surface area contributed by atoms with Crippen molar-refractivity contribution in [2.24, 2.45) is 5.92 Å². The molecule has 17 heavy (non-hydrogen) atoms. The lowest BCUT2D eigenvalue weighted by Crippen LogP contribution is -2.15. The Morgan fingerprint density at radius 1 is 1.41 bits per heavy atom. The Morgan fingerprint density at radius 3 is 2.82 bits per heavy atom. The third-order valence-corrected chi connectivity index (χ3v) is 3.04. The van der Waals surface area contributed by atoms with Gasteiger partial charge in [-0.2, -0.15) is 0 Å². The van der Waals surface area contributed by atoms with E-state index in [0.29, 0.717) is 12.6 Å². The molecule has 1 unspecified atom stereocenters. The molecule has 3 nitrogen and oxygen atoms in total. The summed E-state index contributed by atoms with van der Waals surface area (Å²) in [6, 6.07) is 6.34. The van der Waals surface area contributed by atoms with Crippen LogP contribution >= 0.6 is 0 Å². The first-order valence-corrected chi connectivity index (χ1v) is 6.47. The SMILES string of the molecule is CCOc1cc(N)cc(NC(C)CC2CC2)c1. The molecule has 1 aromatic carbocycles. The number of nitrogens with one attached hydrogen (secondary N) is 1. The Bertz CT molecular complexity index is 374. The molecule has 94 valence electrons. The Labute approximate surface area is 103 Å². The largest absolute Gasteiger partial charge is 0.494 e. The molecule has 0 amide bonds. The van der Waals surface area contributed by atoms with Gasteiger partial charge in [0.15, 0.2) is 0 Å². The van der Waals surface area contributed by atoms with Gasteiger partial charge in [0.25, 0.3) is 0 Å². The van der Waals surface area contributed by atoms with Crippen LogP contribution in [0.2, 0.25) is 0 Å². The summed E-state index contributed by atoms with van der Waals surface area (Å²) < 4.78 is 5.48. The molecule has 0 aromatic heterocycles. The topological polar surface area (TPSA) is 47.3 Å². The number of hydrogen-bond acceptors (Lipinski definition) is 3. The summed E-state index contributed by atoms with van der Waals surface area (Å²) in [4.78, 5) is 0. The van der Waals surface area contributed by atoms with Gasteiger partial charge in [0.05, 0.1) is 6.61 Å². The lowest BCUT2D eigenvalue weighted by atomic mass is 10.1. The highest BCUT2D eigenvalue weighted by Crippen LogP contribution is 2.34. The highest BCUT2D eigenvalue weighted by Gasteiger charge is 2.23. The van der Waals surface area contributed by atoms with Crippen LogP contribution in [-0.4, -0.2) is 12.6 Å². The molecule has 1 aliphatic rings. The van der Waals surface area contributed by atoms with E-state index in [4.69, 9.17) is 10.5 Å². The minimum absolute atomic E-state index is 0.499. The van der Waals surface area contributed by atoms with Gasteiger partial charge in [0.1, 0.15) is 5.75 Å². The molecule has 1 fully saturated rings. The number of ether oxygens (including phenoxy) is 1. The van der Waals surface area contributed by atoms with E-state index < -0.39 is 0 Å². The minimum Gasteiger partial charge on any atom is -0.494 e. The maximum absolute atomic E-state index is 5.86. The van der Waals surface area contributed by atoms with Gasteiger partial charge in [-0.05, 0) is 32.3 Å². The van der Waals surface area contributed by atoms with E-state index in [0.717, 1.165) is 23.0 Å². The van der Waals surface area contributed by atoms with Crippen molar-refractivity contribution in [1.29, 1.82) is 0 Å². The molecule has 1 atom stereocenters. The summed E-state index contributed by atoms with van der Waals surface area (Å²) in [5, 5.41) is 3.49. The molecular weight excluding hydrogens is 212 g/mol. The summed E-state index contributed by atoms with van der Waals surface area (Å²) >= 11 is 0. The molecule has 0 heterocycles. The van der Waals surface area contributed by atoms with E-state index in [-0.39, 0.29) is 0 Å². The highest BCUT2D eigenvalue weighted by atomic mass is 16.5. The smallest absolute Gasteiger partial charge is 0.123 e.